The van der Waals surface area contributed by atoms with Crippen molar-refractivity contribution in [2.45, 2.75) is 6.10 Å². The number of fused-ring (bicyclic) bond motifs is 1. The van der Waals surface area contributed by atoms with Gasteiger partial charge in [-0.3, -0.25) is 0 Å². The van der Waals surface area contributed by atoms with E-state index in [2.05, 4.69) is 15.3 Å². The van der Waals surface area contributed by atoms with Crippen molar-refractivity contribution in [3.63, 3.8) is 0 Å². The van der Waals surface area contributed by atoms with Gasteiger partial charge in [-0.2, -0.15) is 0 Å². The van der Waals surface area contributed by atoms with Crippen molar-refractivity contribution in [3.05, 3.63) is 18.6 Å². The summed E-state index contributed by atoms with van der Waals surface area (Å²) in [6.07, 6.45) is 3.54. The van der Waals surface area contributed by atoms with E-state index in [0.717, 1.165) is 16.9 Å². The fraction of sp³-hybridized carbons (Fsp3) is 0.500. The van der Waals surface area contributed by atoms with E-state index >= 15 is 0 Å². The van der Waals surface area contributed by atoms with E-state index in [4.69, 9.17) is 9.47 Å². The predicted octanol–water partition coefficient (Wildman–Crippen LogP) is 1.04. The predicted molar refractivity (Wildman–Crippen MR) is 69.7 cm³/mol. The van der Waals surface area contributed by atoms with Crippen LogP contribution in [0.4, 0.5) is 5.82 Å². The zero-order chi connectivity index (χ0) is 13.0. The molecular weight excluding hydrogens is 232 g/mol. The number of ether oxygens (including phenoxy) is 2. The highest BCUT2D eigenvalue weighted by atomic mass is 16.5. The normalized spacial score (nSPS) is 12.8. The third-order valence-corrected chi connectivity index (χ3v) is 2.83. The molecule has 2 aromatic heterocycles. The highest BCUT2D eigenvalue weighted by Crippen LogP contribution is 2.18. The van der Waals surface area contributed by atoms with Crippen LogP contribution in [0.2, 0.25) is 0 Å². The first kappa shape index (κ1) is 12.8. The van der Waals surface area contributed by atoms with Crippen LogP contribution in [0.15, 0.2) is 18.6 Å². The van der Waals surface area contributed by atoms with Gasteiger partial charge in [-0.15, -0.1) is 0 Å². The monoisotopic (exact) mass is 250 g/mol. The van der Waals surface area contributed by atoms with Crippen molar-refractivity contribution in [1.29, 1.82) is 0 Å². The van der Waals surface area contributed by atoms with Crippen molar-refractivity contribution in [2.75, 3.05) is 32.7 Å². The second-order valence-electron chi connectivity index (χ2n) is 4.08. The van der Waals surface area contributed by atoms with E-state index < -0.39 is 0 Å². The molecule has 0 aliphatic heterocycles. The lowest BCUT2D eigenvalue weighted by Gasteiger charge is -2.15. The molecule has 1 unspecified atom stereocenters. The summed E-state index contributed by atoms with van der Waals surface area (Å²) in [5.74, 6) is 0.770. The van der Waals surface area contributed by atoms with E-state index in [1.165, 1.54) is 0 Å². The summed E-state index contributed by atoms with van der Waals surface area (Å²) in [5.41, 5.74) is 1.92. The second-order valence-corrected chi connectivity index (χ2v) is 4.08. The Bertz CT molecular complexity index is 512. The molecule has 0 fully saturated rings. The molecule has 0 saturated heterocycles. The van der Waals surface area contributed by atoms with E-state index in [0.29, 0.717) is 13.2 Å². The molecule has 0 aliphatic carbocycles. The Labute approximate surface area is 106 Å². The SMILES string of the molecule is COCC(CNc1nccc2c1ncn2C)OC. The van der Waals surface area contributed by atoms with E-state index in [9.17, 15) is 0 Å². The zero-order valence-electron chi connectivity index (χ0n) is 10.9. The van der Waals surface area contributed by atoms with Crippen LogP contribution in [0.3, 0.4) is 0 Å². The van der Waals surface area contributed by atoms with Gasteiger partial charge in [-0.05, 0) is 6.07 Å². The topological polar surface area (TPSA) is 61.2 Å². The summed E-state index contributed by atoms with van der Waals surface area (Å²) in [4.78, 5) is 8.64. The highest BCUT2D eigenvalue weighted by Gasteiger charge is 2.10. The summed E-state index contributed by atoms with van der Waals surface area (Å²) in [6.45, 7) is 1.18. The van der Waals surface area contributed by atoms with Crippen LogP contribution >= 0.6 is 0 Å². The smallest absolute Gasteiger partial charge is 0.154 e. The van der Waals surface area contributed by atoms with Crippen molar-refractivity contribution < 1.29 is 9.47 Å². The zero-order valence-corrected chi connectivity index (χ0v) is 10.9. The van der Waals surface area contributed by atoms with Crippen LogP contribution in [0.5, 0.6) is 0 Å². The van der Waals surface area contributed by atoms with Crippen LogP contribution in [-0.4, -0.2) is 48.0 Å². The van der Waals surface area contributed by atoms with Gasteiger partial charge >= 0.3 is 0 Å². The standard InChI is InChI=1S/C12H18N4O2/c1-16-8-15-11-10(16)4-5-13-12(11)14-6-9(18-3)7-17-2/h4-5,8-9H,6-7H2,1-3H3,(H,13,14). The molecule has 0 saturated carbocycles. The van der Waals surface area contributed by atoms with Crippen LogP contribution in [0.25, 0.3) is 11.0 Å². The van der Waals surface area contributed by atoms with Crippen molar-refractivity contribution >= 4 is 16.9 Å². The summed E-state index contributed by atoms with van der Waals surface area (Å²) in [5, 5.41) is 3.24. The van der Waals surface area contributed by atoms with Gasteiger partial charge in [-0.25, -0.2) is 9.97 Å². The fourth-order valence-corrected chi connectivity index (χ4v) is 1.80. The van der Waals surface area contributed by atoms with Gasteiger partial charge in [0.1, 0.15) is 5.52 Å². The Hall–Kier alpha value is -1.66. The third-order valence-electron chi connectivity index (χ3n) is 2.83. The lowest BCUT2D eigenvalue weighted by molar-refractivity contribution is 0.0365. The number of anilines is 1. The molecule has 2 aromatic rings. The summed E-state index contributed by atoms with van der Waals surface area (Å²) in [6, 6.07) is 1.94. The molecule has 0 amide bonds. The number of nitrogens with zero attached hydrogens (tertiary/aromatic N) is 3. The number of hydrogen-bond donors (Lipinski definition) is 1. The lowest BCUT2D eigenvalue weighted by Crippen LogP contribution is -2.26. The molecule has 6 heteroatoms. The lowest BCUT2D eigenvalue weighted by atomic mass is 10.3. The van der Waals surface area contributed by atoms with E-state index in [-0.39, 0.29) is 6.10 Å². The fourth-order valence-electron chi connectivity index (χ4n) is 1.80. The molecule has 18 heavy (non-hydrogen) atoms. The first-order valence-electron chi connectivity index (χ1n) is 5.78. The molecule has 0 radical (unpaired) electrons. The minimum atomic E-state index is -0.00392. The Morgan fingerprint density at radius 2 is 2.22 bits per heavy atom. The largest absolute Gasteiger partial charge is 0.382 e. The molecule has 2 heterocycles. The molecule has 6 nitrogen and oxygen atoms in total. The first-order chi connectivity index (χ1) is 8.76. The highest BCUT2D eigenvalue weighted by molar-refractivity contribution is 5.85. The van der Waals surface area contributed by atoms with Crippen molar-refractivity contribution in [1.82, 2.24) is 14.5 Å². The number of nitrogens with one attached hydrogen (secondary N) is 1. The van der Waals surface area contributed by atoms with Gasteiger partial charge in [0.05, 0.1) is 24.6 Å². The number of aryl methyl sites for hydroxylation is 1. The Morgan fingerprint density at radius 1 is 1.39 bits per heavy atom. The maximum Gasteiger partial charge on any atom is 0.154 e. The molecular formula is C12H18N4O2. The van der Waals surface area contributed by atoms with Crippen LogP contribution in [0.1, 0.15) is 0 Å². The number of aromatic nitrogens is 3. The average Bonchev–Trinajstić information content (AvgIpc) is 2.77. The number of hydrogen-bond acceptors (Lipinski definition) is 5. The minimum Gasteiger partial charge on any atom is -0.382 e. The van der Waals surface area contributed by atoms with Gasteiger partial charge in [0, 0.05) is 34.0 Å². The summed E-state index contributed by atoms with van der Waals surface area (Å²) >= 11 is 0. The number of methoxy groups -OCH3 is 2. The van der Waals surface area contributed by atoms with Gasteiger partial charge < -0.3 is 19.4 Å². The number of imidazole rings is 1. The van der Waals surface area contributed by atoms with Gasteiger partial charge in [0.25, 0.3) is 0 Å². The third kappa shape index (κ3) is 2.60. The average molecular weight is 250 g/mol. The van der Waals surface area contributed by atoms with Crippen molar-refractivity contribution in [2.24, 2.45) is 7.05 Å². The van der Waals surface area contributed by atoms with Crippen LogP contribution < -0.4 is 5.32 Å². The van der Waals surface area contributed by atoms with E-state index in [1.807, 2.05) is 17.7 Å². The van der Waals surface area contributed by atoms with Gasteiger partial charge in [0.15, 0.2) is 5.82 Å². The summed E-state index contributed by atoms with van der Waals surface area (Å²) in [7, 11) is 5.28. The van der Waals surface area contributed by atoms with Crippen molar-refractivity contribution in [3.8, 4) is 0 Å². The number of rotatable bonds is 6. The molecule has 2 rings (SSSR count). The quantitative estimate of drug-likeness (QED) is 0.830. The molecule has 1 atom stereocenters. The first-order valence-corrected chi connectivity index (χ1v) is 5.78. The maximum absolute atomic E-state index is 5.29. The molecule has 98 valence electrons. The molecule has 0 bridgehead atoms. The Balaban J connectivity index is 2.12. The Kier molecular flexibility index (Phi) is 4.11. The van der Waals surface area contributed by atoms with Crippen LogP contribution in [-0.2, 0) is 16.5 Å². The second kappa shape index (κ2) is 5.79. The van der Waals surface area contributed by atoms with Gasteiger partial charge in [-0.1, -0.05) is 0 Å². The molecule has 0 aromatic carbocycles. The molecule has 1 N–H and O–H groups in total. The molecule has 0 spiro atoms. The Morgan fingerprint density at radius 3 is 2.94 bits per heavy atom. The van der Waals surface area contributed by atoms with Crippen LogP contribution in [0, 0.1) is 0 Å². The maximum atomic E-state index is 5.29. The van der Waals surface area contributed by atoms with Gasteiger partial charge in [0.2, 0.25) is 0 Å². The molecule has 0 aliphatic rings. The van der Waals surface area contributed by atoms with E-state index in [1.54, 1.807) is 26.7 Å². The number of pyridine rings is 1. The minimum absolute atomic E-state index is 0.00392. The summed E-state index contributed by atoms with van der Waals surface area (Å²) < 4.78 is 12.3.